The van der Waals surface area contributed by atoms with Crippen LogP contribution in [-0.4, -0.2) is 48.4 Å². The molecule has 4 fully saturated rings. The van der Waals surface area contributed by atoms with Crippen molar-refractivity contribution in [2.45, 2.75) is 95.8 Å². The Morgan fingerprint density at radius 3 is 2.56 bits per heavy atom. The van der Waals surface area contributed by atoms with Crippen LogP contribution in [0, 0.1) is 5.41 Å². The first kappa shape index (κ1) is 17.2. The van der Waals surface area contributed by atoms with E-state index < -0.39 is 53.8 Å². The number of ether oxygens (including phenoxy) is 5. The van der Waals surface area contributed by atoms with E-state index in [9.17, 15) is 9.59 Å². The minimum Gasteiger partial charge on any atom is -0.454 e. The maximum absolute atomic E-state index is 12.3. The van der Waals surface area contributed by atoms with Crippen molar-refractivity contribution in [2.24, 2.45) is 5.41 Å². The van der Waals surface area contributed by atoms with E-state index in [1.54, 1.807) is 13.8 Å². The van der Waals surface area contributed by atoms with Crippen LogP contribution in [0.15, 0.2) is 0 Å². The minimum atomic E-state index is -1.05. The van der Waals surface area contributed by atoms with Gasteiger partial charge in [0.1, 0.15) is 6.10 Å². The highest BCUT2D eigenvalue weighted by Crippen LogP contribution is 2.48. The Balaban J connectivity index is 1.45. The Labute approximate surface area is 147 Å². The van der Waals surface area contributed by atoms with Crippen LogP contribution in [0.4, 0.5) is 0 Å². The topological polar surface area (TPSA) is 80.3 Å². The van der Waals surface area contributed by atoms with Gasteiger partial charge >= 0.3 is 11.9 Å². The van der Waals surface area contributed by atoms with Gasteiger partial charge in [0.25, 0.3) is 0 Å². The SMILES string of the molecule is CCC(C)(C)C(=O)OC1C(=O)O[C@H]2[C@@H]1OC1OC3(CCCCC3)O[C@@H]12. The van der Waals surface area contributed by atoms with Gasteiger partial charge in [-0.3, -0.25) is 4.79 Å². The van der Waals surface area contributed by atoms with E-state index in [0.717, 1.165) is 25.7 Å². The molecule has 1 saturated carbocycles. The molecule has 0 aromatic heterocycles. The zero-order valence-electron chi connectivity index (χ0n) is 15.0. The average Bonchev–Trinajstić information content (AvgIpc) is 3.17. The fraction of sp³-hybridized carbons (Fsp3) is 0.889. The molecule has 1 aliphatic carbocycles. The van der Waals surface area contributed by atoms with Crippen molar-refractivity contribution in [3.05, 3.63) is 0 Å². The van der Waals surface area contributed by atoms with E-state index in [2.05, 4.69) is 0 Å². The van der Waals surface area contributed by atoms with Gasteiger partial charge in [0.15, 0.2) is 24.3 Å². The predicted octanol–water partition coefficient (Wildman–Crippen LogP) is 2.06. The van der Waals surface area contributed by atoms with Gasteiger partial charge in [-0.05, 0) is 33.1 Å². The van der Waals surface area contributed by atoms with Crippen LogP contribution in [0.5, 0.6) is 0 Å². The van der Waals surface area contributed by atoms with Gasteiger partial charge in [-0.1, -0.05) is 13.3 Å². The van der Waals surface area contributed by atoms with E-state index in [1.807, 2.05) is 6.92 Å². The highest BCUT2D eigenvalue weighted by atomic mass is 16.9. The molecule has 4 rings (SSSR count). The summed E-state index contributed by atoms with van der Waals surface area (Å²) in [7, 11) is 0. The molecule has 2 unspecified atom stereocenters. The Hall–Kier alpha value is -1.18. The summed E-state index contributed by atoms with van der Waals surface area (Å²) in [6.07, 6.45) is 2.25. The van der Waals surface area contributed by atoms with Gasteiger partial charge in [0, 0.05) is 12.8 Å². The standard InChI is InChI=1S/C18H26O7/c1-4-17(2,3)16(20)23-12-10-11(21-14(12)19)13-15(22-10)25-18(24-13)8-6-5-7-9-18/h10-13,15H,4-9H2,1-3H3/t10-,11-,12?,13+,15?/m0/s1. The molecule has 5 atom stereocenters. The Bertz CT molecular complexity index is 566. The lowest BCUT2D eigenvalue weighted by Gasteiger charge is -2.33. The first-order valence-electron chi connectivity index (χ1n) is 9.28. The number of carbonyl (C=O) groups excluding carboxylic acids is 2. The zero-order valence-corrected chi connectivity index (χ0v) is 15.0. The summed E-state index contributed by atoms with van der Waals surface area (Å²) in [5.74, 6) is -1.60. The molecule has 0 N–H and O–H groups in total. The van der Waals surface area contributed by atoms with E-state index in [1.165, 1.54) is 6.42 Å². The number of esters is 2. The predicted molar refractivity (Wildman–Crippen MR) is 84.3 cm³/mol. The van der Waals surface area contributed by atoms with Crippen LogP contribution in [0.2, 0.25) is 0 Å². The molecule has 25 heavy (non-hydrogen) atoms. The molecular formula is C18H26O7. The Morgan fingerprint density at radius 1 is 1.16 bits per heavy atom. The largest absolute Gasteiger partial charge is 0.454 e. The molecule has 0 aromatic rings. The van der Waals surface area contributed by atoms with E-state index in [4.69, 9.17) is 23.7 Å². The number of fused-ring (bicyclic) bond motifs is 3. The highest BCUT2D eigenvalue weighted by Gasteiger charge is 2.65. The summed E-state index contributed by atoms with van der Waals surface area (Å²) in [5, 5.41) is 0. The van der Waals surface area contributed by atoms with Crippen LogP contribution in [0.1, 0.15) is 59.3 Å². The van der Waals surface area contributed by atoms with E-state index in [-0.39, 0.29) is 0 Å². The first-order chi connectivity index (χ1) is 11.9. The number of rotatable bonds is 3. The molecular weight excluding hydrogens is 328 g/mol. The van der Waals surface area contributed by atoms with Crippen LogP contribution in [0.25, 0.3) is 0 Å². The third kappa shape index (κ3) is 2.76. The fourth-order valence-corrected chi connectivity index (χ4v) is 3.93. The molecule has 0 amide bonds. The first-order valence-corrected chi connectivity index (χ1v) is 9.28. The number of hydrogen-bond acceptors (Lipinski definition) is 7. The lowest BCUT2D eigenvalue weighted by molar-refractivity contribution is -0.246. The molecule has 1 spiro atoms. The normalized spacial score (nSPS) is 39.2. The summed E-state index contributed by atoms with van der Waals surface area (Å²) in [4.78, 5) is 24.5. The number of carbonyl (C=O) groups is 2. The van der Waals surface area contributed by atoms with Gasteiger partial charge in [-0.2, -0.15) is 0 Å². The van der Waals surface area contributed by atoms with Crippen molar-refractivity contribution in [3.8, 4) is 0 Å². The van der Waals surface area contributed by atoms with Gasteiger partial charge in [-0.25, -0.2) is 4.79 Å². The Kier molecular flexibility index (Phi) is 4.09. The molecule has 3 aliphatic heterocycles. The quantitative estimate of drug-likeness (QED) is 0.718. The average molecular weight is 354 g/mol. The monoisotopic (exact) mass is 354 g/mol. The fourth-order valence-electron chi connectivity index (χ4n) is 3.93. The second kappa shape index (κ2) is 5.93. The maximum Gasteiger partial charge on any atom is 0.350 e. The van der Waals surface area contributed by atoms with Crippen molar-refractivity contribution in [1.82, 2.24) is 0 Å². The molecule has 0 bridgehead atoms. The summed E-state index contributed by atoms with van der Waals surface area (Å²) >= 11 is 0. The second-order valence-electron chi connectivity index (χ2n) is 8.11. The Morgan fingerprint density at radius 2 is 1.88 bits per heavy atom. The third-order valence-electron chi connectivity index (χ3n) is 5.96. The van der Waals surface area contributed by atoms with Crippen molar-refractivity contribution in [2.75, 3.05) is 0 Å². The van der Waals surface area contributed by atoms with Crippen molar-refractivity contribution in [3.63, 3.8) is 0 Å². The highest BCUT2D eigenvalue weighted by molar-refractivity contribution is 5.84. The summed E-state index contributed by atoms with van der Waals surface area (Å²) in [6.45, 7) is 5.48. The molecule has 0 aromatic carbocycles. The van der Waals surface area contributed by atoms with E-state index >= 15 is 0 Å². The van der Waals surface area contributed by atoms with Gasteiger partial charge in [-0.15, -0.1) is 0 Å². The maximum atomic E-state index is 12.3. The summed E-state index contributed by atoms with van der Waals surface area (Å²) in [6, 6.07) is 0. The molecule has 4 aliphatic rings. The lowest BCUT2D eigenvalue weighted by atomic mass is 9.90. The summed E-state index contributed by atoms with van der Waals surface area (Å²) < 4.78 is 29.0. The summed E-state index contributed by atoms with van der Waals surface area (Å²) in [5.41, 5.74) is -0.661. The van der Waals surface area contributed by atoms with Crippen LogP contribution < -0.4 is 0 Å². The van der Waals surface area contributed by atoms with Crippen molar-refractivity contribution < 1.29 is 33.3 Å². The van der Waals surface area contributed by atoms with Gasteiger partial charge < -0.3 is 23.7 Å². The van der Waals surface area contributed by atoms with Crippen LogP contribution in [-0.2, 0) is 33.3 Å². The van der Waals surface area contributed by atoms with Crippen LogP contribution in [0.3, 0.4) is 0 Å². The molecule has 140 valence electrons. The molecule has 0 radical (unpaired) electrons. The molecule has 3 heterocycles. The van der Waals surface area contributed by atoms with Crippen LogP contribution >= 0.6 is 0 Å². The smallest absolute Gasteiger partial charge is 0.350 e. The zero-order chi connectivity index (χ0) is 17.8. The van der Waals surface area contributed by atoms with Gasteiger partial charge in [0.05, 0.1) is 5.41 Å². The third-order valence-corrected chi connectivity index (χ3v) is 5.96. The van der Waals surface area contributed by atoms with E-state index in [0.29, 0.717) is 6.42 Å². The lowest BCUT2D eigenvalue weighted by Crippen LogP contribution is -2.41. The molecule has 7 heteroatoms. The molecule has 3 saturated heterocycles. The second-order valence-corrected chi connectivity index (χ2v) is 8.11. The minimum absolute atomic E-state index is 0.427. The number of hydrogen-bond donors (Lipinski definition) is 0. The van der Waals surface area contributed by atoms with Crippen molar-refractivity contribution in [1.29, 1.82) is 0 Å². The van der Waals surface area contributed by atoms with Crippen molar-refractivity contribution >= 4 is 11.9 Å². The molecule has 7 nitrogen and oxygen atoms in total. The van der Waals surface area contributed by atoms with Gasteiger partial charge in [0.2, 0.25) is 6.10 Å².